The molecule has 1 aromatic rings. The molecule has 0 heterocycles. The van der Waals surface area contributed by atoms with Crippen molar-refractivity contribution >= 4 is 11.6 Å². The Morgan fingerprint density at radius 2 is 1.92 bits per heavy atom. The third-order valence-corrected chi connectivity index (χ3v) is 4.60. The number of nitrogens with zero attached hydrogens (tertiary/aromatic N) is 2. The van der Waals surface area contributed by atoms with Crippen LogP contribution in [0.2, 0.25) is 0 Å². The maximum atomic E-state index is 12.3. The van der Waals surface area contributed by atoms with Gasteiger partial charge in [0.25, 0.3) is 5.91 Å². The van der Waals surface area contributed by atoms with E-state index in [9.17, 15) is 10.1 Å². The molecular weight excluding hydrogens is 300 g/mol. The van der Waals surface area contributed by atoms with Crippen LogP contribution in [0.3, 0.4) is 0 Å². The lowest BCUT2D eigenvalue weighted by Gasteiger charge is -2.28. The lowest BCUT2D eigenvalue weighted by molar-refractivity contribution is -0.904. The zero-order chi connectivity index (χ0) is 18.3. The van der Waals surface area contributed by atoms with Crippen LogP contribution in [0, 0.1) is 17.2 Å². The lowest BCUT2D eigenvalue weighted by atomic mass is 9.90. The van der Waals surface area contributed by atoms with Gasteiger partial charge in [-0.15, -0.1) is 0 Å². The predicted octanol–water partition coefficient (Wildman–Crippen LogP) is 1.21. The SMILES string of the molecule is CC[NH+](CC(=O)N[C@](C)(C#N)C(C)C)Cc1ccc(N(C)C)cc1. The normalized spacial score (nSPS) is 14.6. The summed E-state index contributed by atoms with van der Waals surface area (Å²) in [6.07, 6.45) is 0. The summed E-state index contributed by atoms with van der Waals surface area (Å²) in [7, 11) is 4.04. The summed E-state index contributed by atoms with van der Waals surface area (Å²) in [5, 5.41) is 12.2. The van der Waals surface area contributed by atoms with E-state index >= 15 is 0 Å². The highest BCUT2D eigenvalue weighted by Crippen LogP contribution is 2.14. The van der Waals surface area contributed by atoms with E-state index in [2.05, 4.69) is 47.5 Å². The Labute approximate surface area is 146 Å². The van der Waals surface area contributed by atoms with Crippen molar-refractivity contribution < 1.29 is 9.69 Å². The molecule has 1 amide bonds. The Kier molecular flexibility index (Phi) is 7.24. The first-order valence-corrected chi connectivity index (χ1v) is 8.54. The molecule has 0 saturated carbocycles. The number of rotatable bonds is 8. The fourth-order valence-corrected chi connectivity index (χ4v) is 2.38. The molecule has 1 rings (SSSR count). The number of amides is 1. The van der Waals surface area contributed by atoms with Gasteiger partial charge in [-0.3, -0.25) is 4.79 Å². The number of nitrogens with one attached hydrogen (secondary N) is 2. The number of anilines is 1. The molecule has 2 atom stereocenters. The number of quaternary nitrogens is 1. The second kappa shape index (κ2) is 8.70. The van der Waals surface area contributed by atoms with E-state index in [-0.39, 0.29) is 11.8 Å². The van der Waals surface area contributed by atoms with Crippen LogP contribution in [0.4, 0.5) is 5.69 Å². The highest BCUT2D eigenvalue weighted by molar-refractivity contribution is 5.78. The van der Waals surface area contributed by atoms with Crippen molar-refractivity contribution in [2.24, 2.45) is 5.92 Å². The molecule has 0 bridgehead atoms. The van der Waals surface area contributed by atoms with Gasteiger partial charge in [0.2, 0.25) is 0 Å². The van der Waals surface area contributed by atoms with Gasteiger partial charge < -0.3 is 15.1 Å². The first-order valence-electron chi connectivity index (χ1n) is 8.54. The lowest BCUT2D eigenvalue weighted by Crippen LogP contribution is -3.11. The fraction of sp³-hybridized carbons (Fsp3) is 0.579. The summed E-state index contributed by atoms with van der Waals surface area (Å²) in [5.41, 5.74) is 1.55. The average molecular weight is 331 g/mol. The standard InChI is InChI=1S/C19H30N4O/c1-7-23(12-16-8-10-17(11-9-16)22(5)6)13-18(24)21-19(4,14-20)15(2)3/h8-11,15H,7,12-13H2,1-6H3,(H,21,24)/p+1/t19-/m1/s1. The van der Waals surface area contributed by atoms with E-state index in [4.69, 9.17) is 0 Å². The van der Waals surface area contributed by atoms with Gasteiger partial charge in [0, 0.05) is 25.3 Å². The van der Waals surface area contributed by atoms with E-state index in [1.54, 1.807) is 6.92 Å². The van der Waals surface area contributed by atoms with Crippen LogP contribution in [0.15, 0.2) is 24.3 Å². The summed E-state index contributed by atoms with van der Waals surface area (Å²) >= 11 is 0. The molecule has 132 valence electrons. The van der Waals surface area contributed by atoms with Gasteiger partial charge in [-0.25, -0.2) is 0 Å². The van der Waals surface area contributed by atoms with Crippen molar-refractivity contribution in [1.29, 1.82) is 5.26 Å². The molecule has 0 aromatic heterocycles. The summed E-state index contributed by atoms with van der Waals surface area (Å²) < 4.78 is 0. The third-order valence-electron chi connectivity index (χ3n) is 4.60. The van der Waals surface area contributed by atoms with Crippen LogP contribution in [-0.2, 0) is 11.3 Å². The van der Waals surface area contributed by atoms with Crippen LogP contribution in [-0.4, -0.2) is 38.6 Å². The third kappa shape index (κ3) is 5.54. The second-order valence-electron chi connectivity index (χ2n) is 7.04. The maximum absolute atomic E-state index is 12.3. The van der Waals surface area contributed by atoms with Gasteiger partial charge >= 0.3 is 0 Å². The second-order valence-corrected chi connectivity index (χ2v) is 7.04. The zero-order valence-corrected chi connectivity index (χ0v) is 15.8. The van der Waals surface area contributed by atoms with Crippen LogP contribution in [0.25, 0.3) is 0 Å². The largest absolute Gasteiger partial charge is 0.378 e. The molecule has 5 nitrogen and oxygen atoms in total. The molecule has 0 radical (unpaired) electrons. The fourth-order valence-electron chi connectivity index (χ4n) is 2.38. The minimum atomic E-state index is -0.816. The van der Waals surface area contributed by atoms with E-state index in [1.165, 1.54) is 10.5 Å². The first kappa shape index (κ1) is 20.0. The zero-order valence-electron chi connectivity index (χ0n) is 15.8. The van der Waals surface area contributed by atoms with E-state index in [0.717, 1.165) is 18.8 Å². The number of hydrogen-bond donors (Lipinski definition) is 2. The van der Waals surface area contributed by atoms with Crippen molar-refractivity contribution in [3.63, 3.8) is 0 Å². The minimum Gasteiger partial charge on any atom is -0.378 e. The molecule has 0 aliphatic carbocycles. The Hall–Kier alpha value is -2.06. The highest BCUT2D eigenvalue weighted by atomic mass is 16.2. The molecule has 1 aromatic carbocycles. The Balaban J connectivity index is 2.67. The smallest absolute Gasteiger partial charge is 0.276 e. The van der Waals surface area contributed by atoms with Gasteiger partial charge in [-0.05, 0) is 31.9 Å². The first-order chi connectivity index (χ1) is 11.2. The molecule has 5 heteroatoms. The molecule has 2 N–H and O–H groups in total. The van der Waals surface area contributed by atoms with E-state index < -0.39 is 5.54 Å². The minimum absolute atomic E-state index is 0.0649. The van der Waals surface area contributed by atoms with Crippen molar-refractivity contribution in [3.8, 4) is 6.07 Å². The molecule has 0 aliphatic rings. The van der Waals surface area contributed by atoms with Gasteiger partial charge in [-0.1, -0.05) is 26.0 Å². The van der Waals surface area contributed by atoms with Crippen LogP contribution in [0.1, 0.15) is 33.3 Å². The van der Waals surface area contributed by atoms with Crippen LogP contribution >= 0.6 is 0 Å². The monoisotopic (exact) mass is 331 g/mol. The average Bonchev–Trinajstić information content (AvgIpc) is 2.54. The maximum Gasteiger partial charge on any atom is 0.276 e. The summed E-state index contributed by atoms with van der Waals surface area (Å²) in [4.78, 5) is 15.6. The Bertz CT molecular complexity index is 574. The van der Waals surface area contributed by atoms with Crippen LogP contribution < -0.4 is 15.1 Å². The van der Waals surface area contributed by atoms with Crippen molar-refractivity contribution in [3.05, 3.63) is 29.8 Å². The number of carbonyl (C=O) groups excluding carboxylic acids is 1. The van der Waals surface area contributed by atoms with Crippen LogP contribution in [0.5, 0.6) is 0 Å². The van der Waals surface area contributed by atoms with Gasteiger partial charge in [-0.2, -0.15) is 5.26 Å². The molecule has 1 unspecified atom stereocenters. The molecular formula is C19H31N4O+. The van der Waals surface area contributed by atoms with Gasteiger partial charge in [0.05, 0.1) is 12.6 Å². The Morgan fingerprint density at radius 3 is 2.33 bits per heavy atom. The Morgan fingerprint density at radius 1 is 1.33 bits per heavy atom. The summed E-state index contributed by atoms with van der Waals surface area (Å²) in [5.74, 6) is -0.00961. The molecule has 0 spiro atoms. The molecule has 0 fully saturated rings. The predicted molar refractivity (Wildman–Crippen MR) is 97.8 cm³/mol. The topological polar surface area (TPSA) is 60.6 Å². The number of benzene rings is 1. The number of carbonyl (C=O) groups is 1. The van der Waals surface area contributed by atoms with Crippen molar-refractivity contribution in [1.82, 2.24) is 5.32 Å². The number of hydrogen-bond acceptors (Lipinski definition) is 3. The van der Waals surface area contributed by atoms with Crippen molar-refractivity contribution in [2.45, 2.75) is 39.8 Å². The van der Waals surface area contributed by atoms with Gasteiger partial charge in [0.1, 0.15) is 12.1 Å². The summed E-state index contributed by atoms with van der Waals surface area (Å²) in [6.45, 7) is 9.76. The quantitative estimate of drug-likeness (QED) is 0.753. The highest BCUT2D eigenvalue weighted by Gasteiger charge is 2.31. The molecule has 0 aliphatic heterocycles. The summed E-state index contributed by atoms with van der Waals surface area (Å²) in [6, 6.07) is 10.6. The number of nitriles is 1. The molecule has 24 heavy (non-hydrogen) atoms. The van der Waals surface area contributed by atoms with Gasteiger partial charge in [0.15, 0.2) is 6.54 Å². The van der Waals surface area contributed by atoms with Crippen molar-refractivity contribution in [2.75, 3.05) is 32.1 Å². The van der Waals surface area contributed by atoms with E-state index in [0.29, 0.717) is 6.54 Å². The molecule has 0 saturated heterocycles. The van der Waals surface area contributed by atoms with E-state index in [1.807, 2.05) is 27.9 Å². The number of likely N-dealkylation sites (N-methyl/N-ethyl adjacent to an activating group) is 1.